The van der Waals surface area contributed by atoms with Gasteiger partial charge < -0.3 is 10.6 Å². The van der Waals surface area contributed by atoms with Gasteiger partial charge in [-0.25, -0.2) is 8.42 Å². The topological polar surface area (TPSA) is 76.3 Å². The van der Waals surface area contributed by atoms with Crippen LogP contribution in [0.4, 0.5) is 11.4 Å². The number of nitrogen functional groups attached to an aromatic ring is 1. The van der Waals surface area contributed by atoms with Crippen LogP contribution in [0.3, 0.4) is 0 Å². The number of anilines is 2. The summed E-state index contributed by atoms with van der Waals surface area (Å²) in [6, 6.07) is 5.78. The van der Waals surface area contributed by atoms with Crippen LogP contribution in [-0.4, -0.2) is 38.0 Å². The van der Waals surface area contributed by atoms with E-state index in [1.165, 1.54) is 0 Å². The molecular weight excluding hydrogens is 274 g/mol. The first-order chi connectivity index (χ1) is 9.48. The van der Waals surface area contributed by atoms with E-state index in [-0.39, 0.29) is 17.5 Å². The summed E-state index contributed by atoms with van der Waals surface area (Å²) in [4.78, 5) is 6.06. The van der Waals surface area contributed by atoms with Crippen LogP contribution >= 0.6 is 0 Å². The van der Waals surface area contributed by atoms with E-state index in [4.69, 9.17) is 5.73 Å². The molecule has 0 bridgehead atoms. The number of pyridine rings is 1. The van der Waals surface area contributed by atoms with E-state index in [9.17, 15) is 8.42 Å². The maximum atomic E-state index is 11.6. The van der Waals surface area contributed by atoms with Gasteiger partial charge in [-0.05, 0) is 18.6 Å². The van der Waals surface area contributed by atoms with Crippen molar-refractivity contribution in [2.45, 2.75) is 12.5 Å². The van der Waals surface area contributed by atoms with Gasteiger partial charge in [0.05, 0.1) is 22.9 Å². The lowest BCUT2D eigenvalue weighted by Gasteiger charge is -2.27. The first kappa shape index (κ1) is 13.2. The summed E-state index contributed by atoms with van der Waals surface area (Å²) in [5, 5.41) is 1.94. The summed E-state index contributed by atoms with van der Waals surface area (Å²) in [6.45, 7) is 0. The number of sulfone groups is 1. The molecule has 20 heavy (non-hydrogen) atoms. The minimum Gasteiger partial charge on any atom is -0.397 e. The van der Waals surface area contributed by atoms with Crippen LogP contribution in [0.1, 0.15) is 6.42 Å². The van der Waals surface area contributed by atoms with Gasteiger partial charge in [0.2, 0.25) is 0 Å². The van der Waals surface area contributed by atoms with Crippen LogP contribution in [-0.2, 0) is 9.84 Å². The number of aromatic nitrogens is 1. The molecule has 1 unspecified atom stereocenters. The molecule has 0 aliphatic carbocycles. The van der Waals surface area contributed by atoms with Crippen molar-refractivity contribution in [1.29, 1.82) is 0 Å². The Morgan fingerprint density at radius 3 is 2.85 bits per heavy atom. The summed E-state index contributed by atoms with van der Waals surface area (Å²) in [5.41, 5.74) is 7.79. The average Bonchev–Trinajstić information content (AvgIpc) is 2.79. The Balaban J connectivity index is 2.00. The molecular formula is C14H17N3O2S. The normalized spacial score (nSPS) is 21.1. The summed E-state index contributed by atoms with van der Waals surface area (Å²) in [5.74, 6) is 0.469. The van der Waals surface area contributed by atoms with Crippen molar-refractivity contribution in [3.8, 4) is 0 Å². The number of hydrogen-bond donors (Lipinski definition) is 1. The Kier molecular flexibility index (Phi) is 3.05. The number of fused-ring (bicyclic) bond motifs is 1. The van der Waals surface area contributed by atoms with Crippen LogP contribution in [0.25, 0.3) is 10.8 Å². The van der Waals surface area contributed by atoms with Crippen molar-refractivity contribution in [2.24, 2.45) is 0 Å². The number of benzene rings is 1. The average molecular weight is 291 g/mol. The van der Waals surface area contributed by atoms with Gasteiger partial charge in [0.25, 0.3) is 0 Å². The lowest BCUT2D eigenvalue weighted by molar-refractivity contribution is 0.601. The fraction of sp³-hybridized carbons (Fsp3) is 0.357. The lowest BCUT2D eigenvalue weighted by atomic mass is 10.1. The third-order valence-corrected chi connectivity index (χ3v) is 5.73. The smallest absolute Gasteiger partial charge is 0.152 e. The second kappa shape index (κ2) is 4.63. The first-order valence-electron chi connectivity index (χ1n) is 6.53. The second-order valence-corrected chi connectivity index (χ2v) is 7.49. The van der Waals surface area contributed by atoms with Crippen molar-refractivity contribution >= 4 is 32.0 Å². The van der Waals surface area contributed by atoms with E-state index >= 15 is 0 Å². The largest absolute Gasteiger partial charge is 0.397 e. The second-order valence-electron chi connectivity index (χ2n) is 5.26. The first-order valence-corrected chi connectivity index (χ1v) is 8.35. The number of nitrogens with zero attached hydrogens (tertiary/aromatic N) is 2. The van der Waals surface area contributed by atoms with Crippen molar-refractivity contribution in [2.75, 3.05) is 29.2 Å². The maximum absolute atomic E-state index is 11.6. The van der Waals surface area contributed by atoms with Gasteiger partial charge in [-0.2, -0.15) is 0 Å². The molecule has 106 valence electrons. The summed E-state index contributed by atoms with van der Waals surface area (Å²) in [7, 11) is -0.989. The van der Waals surface area contributed by atoms with Crippen LogP contribution < -0.4 is 10.6 Å². The standard InChI is InChI=1S/C14H17N3O2S/c1-17(11-5-7-20(18,19)9-11)13-3-2-10-8-16-6-4-12(10)14(13)15/h2-4,6,8,11H,5,7,9,15H2,1H3. The molecule has 2 heterocycles. The summed E-state index contributed by atoms with van der Waals surface area (Å²) in [6.07, 6.45) is 4.14. The van der Waals surface area contributed by atoms with E-state index in [0.29, 0.717) is 12.1 Å². The van der Waals surface area contributed by atoms with E-state index in [0.717, 1.165) is 16.5 Å². The van der Waals surface area contributed by atoms with Crippen LogP contribution in [0.2, 0.25) is 0 Å². The highest BCUT2D eigenvalue weighted by molar-refractivity contribution is 7.91. The molecule has 1 fully saturated rings. The molecule has 0 saturated carbocycles. The number of hydrogen-bond acceptors (Lipinski definition) is 5. The Morgan fingerprint density at radius 1 is 1.35 bits per heavy atom. The zero-order valence-electron chi connectivity index (χ0n) is 11.3. The Hall–Kier alpha value is -1.82. The van der Waals surface area contributed by atoms with Gasteiger partial charge in [0.1, 0.15) is 0 Å². The fourth-order valence-corrected chi connectivity index (χ4v) is 4.54. The molecule has 1 saturated heterocycles. The van der Waals surface area contributed by atoms with Crippen molar-refractivity contribution < 1.29 is 8.42 Å². The minimum atomic E-state index is -2.90. The van der Waals surface area contributed by atoms with Gasteiger partial charge in [0.15, 0.2) is 9.84 Å². The monoisotopic (exact) mass is 291 g/mol. The molecule has 1 aromatic heterocycles. The molecule has 2 N–H and O–H groups in total. The predicted molar refractivity (Wildman–Crippen MR) is 81.6 cm³/mol. The maximum Gasteiger partial charge on any atom is 0.152 e. The van der Waals surface area contributed by atoms with E-state index in [1.807, 2.05) is 30.1 Å². The Bertz CT molecular complexity index is 758. The molecule has 1 aliphatic heterocycles. The van der Waals surface area contributed by atoms with Crippen molar-refractivity contribution in [3.05, 3.63) is 30.6 Å². The van der Waals surface area contributed by atoms with Gasteiger partial charge in [-0.1, -0.05) is 6.07 Å². The number of nitrogens with two attached hydrogens (primary N) is 1. The van der Waals surface area contributed by atoms with Crippen LogP contribution in [0.5, 0.6) is 0 Å². The molecule has 1 aliphatic rings. The predicted octanol–water partition coefficient (Wildman–Crippen LogP) is 1.44. The zero-order valence-corrected chi connectivity index (χ0v) is 12.1. The summed E-state index contributed by atoms with van der Waals surface area (Å²) >= 11 is 0. The van der Waals surface area contributed by atoms with Gasteiger partial charge >= 0.3 is 0 Å². The fourth-order valence-electron chi connectivity index (χ4n) is 2.77. The molecule has 0 radical (unpaired) electrons. The lowest BCUT2D eigenvalue weighted by Crippen LogP contribution is -2.33. The Labute approximate surface area is 118 Å². The van der Waals surface area contributed by atoms with E-state index in [1.54, 1.807) is 12.4 Å². The minimum absolute atomic E-state index is 0.00147. The quantitative estimate of drug-likeness (QED) is 0.847. The number of rotatable bonds is 2. The third kappa shape index (κ3) is 2.20. The van der Waals surface area contributed by atoms with Gasteiger partial charge in [-0.3, -0.25) is 4.98 Å². The molecule has 1 atom stereocenters. The highest BCUT2D eigenvalue weighted by atomic mass is 32.2. The molecule has 1 aromatic carbocycles. The highest BCUT2D eigenvalue weighted by Gasteiger charge is 2.31. The Morgan fingerprint density at radius 2 is 2.15 bits per heavy atom. The molecule has 6 heteroatoms. The van der Waals surface area contributed by atoms with Crippen molar-refractivity contribution in [1.82, 2.24) is 4.98 Å². The van der Waals surface area contributed by atoms with Gasteiger partial charge in [-0.15, -0.1) is 0 Å². The summed E-state index contributed by atoms with van der Waals surface area (Å²) < 4.78 is 23.2. The zero-order chi connectivity index (χ0) is 14.3. The van der Waals surface area contributed by atoms with Gasteiger partial charge in [0, 0.05) is 36.3 Å². The molecule has 0 amide bonds. The molecule has 5 nitrogen and oxygen atoms in total. The van der Waals surface area contributed by atoms with Crippen LogP contribution in [0, 0.1) is 0 Å². The van der Waals surface area contributed by atoms with Crippen molar-refractivity contribution in [3.63, 3.8) is 0 Å². The SMILES string of the molecule is CN(c1ccc2cnccc2c1N)C1CCS(=O)(=O)C1. The highest BCUT2D eigenvalue weighted by Crippen LogP contribution is 2.33. The molecule has 2 aromatic rings. The van der Waals surface area contributed by atoms with Crippen LogP contribution in [0.15, 0.2) is 30.6 Å². The third-order valence-electron chi connectivity index (χ3n) is 3.97. The van der Waals surface area contributed by atoms with E-state index in [2.05, 4.69) is 4.98 Å². The molecule has 3 rings (SSSR count). The molecule has 0 spiro atoms. The van der Waals surface area contributed by atoms with E-state index < -0.39 is 9.84 Å².